The first-order valence-corrected chi connectivity index (χ1v) is 8.62. The third-order valence-corrected chi connectivity index (χ3v) is 5.60. The van der Waals surface area contributed by atoms with E-state index in [0.717, 1.165) is 18.2 Å². The summed E-state index contributed by atoms with van der Waals surface area (Å²) in [6.07, 6.45) is 5.61. The van der Waals surface area contributed by atoms with E-state index in [-0.39, 0.29) is 11.6 Å². The molecule has 2 atom stereocenters. The van der Waals surface area contributed by atoms with Gasteiger partial charge in [-0.1, -0.05) is 42.5 Å². The van der Waals surface area contributed by atoms with Gasteiger partial charge in [-0.15, -0.1) is 0 Å². The molecular weight excluding hydrogens is 310 g/mol. The number of aromatic nitrogens is 1. The highest BCUT2D eigenvalue weighted by Crippen LogP contribution is 2.44. The second-order valence-electron chi connectivity index (χ2n) is 7.02. The molecule has 2 N–H and O–H groups in total. The Labute approximate surface area is 146 Å². The maximum absolute atomic E-state index is 5.86. The minimum absolute atomic E-state index is 0.00149. The summed E-state index contributed by atoms with van der Waals surface area (Å²) < 4.78 is 5.66. The maximum Gasteiger partial charge on any atom is 0.282 e. The fourth-order valence-electron chi connectivity index (χ4n) is 4.28. The van der Waals surface area contributed by atoms with Crippen LogP contribution >= 0.6 is 0 Å². The highest BCUT2D eigenvalue weighted by Gasteiger charge is 2.48. The Morgan fingerprint density at radius 3 is 2.76 bits per heavy atom. The van der Waals surface area contributed by atoms with Gasteiger partial charge in [-0.05, 0) is 29.0 Å². The lowest BCUT2D eigenvalue weighted by Gasteiger charge is -2.23. The lowest BCUT2D eigenvalue weighted by atomic mass is 9.90. The van der Waals surface area contributed by atoms with Crippen molar-refractivity contribution in [2.75, 3.05) is 0 Å². The zero-order chi connectivity index (χ0) is 17.0. The van der Waals surface area contributed by atoms with Crippen LogP contribution in [0.4, 0.5) is 0 Å². The quantitative estimate of drug-likeness (QED) is 0.743. The predicted octanol–water partition coefficient (Wildman–Crippen LogP) is 3.47. The van der Waals surface area contributed by atoms with Crippen LogP contribution in [0.15, 0.2) is 59.9 Å². The molecule has 1 aromatic heterocycles. The van der Waals surface area contributed by atoms with Crippen LogP contribution in [0, 0.1) is 0 Å². The molecule has 124 valence electrons. The van der Waals surface area contributed by atoms with Gasteiger partial charge in [-0.25, -0.2) is 4.99 Å². The molecule has 0 saturated heterocycles. The van der Waals surface area contributed by atoms with Gasteiger partial charge in [0.25, 0.3) is 6.02 Å². The summed E-state index contributed by atoms with van der Waals surface area (Å²) in [5.74, 6) is 0. The zero-order valence-electron chi connectivity index (χ0n) is 14.1. The van der Waals surface area contributed by atoms with Gasteiger partial charge < -0.3 is 10.5 Å². The average molecular weight is 329 g/mol. The van der Waals surface area contributed by atoms with Gasteiger partial charge in [0.2, 0.25) is 0 Å². The van der Waals surface area contributed by atoms with Crippen molar-refractivity contribution in [2.24, 2.45) is 10.7 Å². The fraction of sp³-hybridized carbons (Fsp3) is 0.238. The predicted molar refractivity (Wildman–Crippen MR) is 99.5 cm³/mol. The molecule has 2 aromatic carbocycles. The van der Waals surface area contributed by atoms with Crippen LogP contribution in [0.25, 0.3) is 21.9 Å². The number of nitrogens with zero attached hydrogens (tertiary/aromatic N) is 2. The number of fused-ring (bicyclic) bond motifs is 2. The van der Waals surface area contributed by atoms with E-state index in [1.165, 1.54) is 27.6 Å². The van der Waals surface area contributed by atoms with E-state index in [1.54, 1.807) is 0 Å². The van der Waals surface area contributed by atoms with E-state index in [1.807, 2.05) is 18.5 Å². The largest absolute Gasteiger partial charge is 0.460 e. The third-order valence-electron chi connectivity index (χ3n) is 5.60. The topological polar surface area (TPSA) is 60.5 Å². The molecule has 2 aliphatic rings. The summed E-state index contributed by atoms with van der Waals surface area (Å²) in [5.41, 5.74) is 10.7. The number of hydrogen-bond donors (Lipinski definition) is 1. The molecular formula is C21H19N3O. The number of rotatable bonds is 1. The summed E-state index contributed by atoms with van der Waals surface area (Å²) >= 11 is 0. The smallest absolute Gasteiger partial charge is 0.282 e. The molecule has 3 aromatic rings. The molecule has 5 rings (SSSR count). The van der Waals surface area contributed by atoms with E-state index in [0.29, 0.717) is 6.02 Å². The van der Waals surface area contributed by atoms with Gasteiger partial charge in [0, 0.05) is 36.2 Å². The molecule has 1 aliphatic carbocycles. The Kier molecular flexibility index (Phi) is 2.93. The number of amidine groups is 1. The molecule has 0 amide bonds. The van der Waals surface area contributed by atoms with Crippen LogP contribution in [0.5, 0.6) is 0 Å². The Balaban J connectivity index is 1.69. The average Bonchev–Trinajstić information content (AvgIpc) is 3.12. The van der Waals surface area contributed by atoms with Crippen molar-refractivity contribution in [2.45, 2.75) is 31.4 Å². The zero-order valence-corrected chi connectivity index (χ0v) is 14.1. The van der Waals surface area contributed by atoms with Crippen molar-refractivity contribution in [1.82, 2.24) is 4.98 Å². The van der Waals surface area contributed by atoms with Gasteiger partial charge in [-0.2, -0.15) is 0 Å². The molecule has 1 spiro atoms. The fourth-order valence-corrected chi connectivity index (χ4v) is 4.28. The first-order valence-electron chi connectivity index (χ1n) is 8.62. The van der Waals surface area contributed by atoms with Gasteiger partial charge in [0.15, 0.2) is 0 Å². The first-order chi connectivity index (χ1) is 12.2. The van der Waals surface area contributed by atoms with E-state index >= 15 is 0 Å². The Morgan fingerprint density at radius 1 is 1.04 bits per heavy atom. The number of ether oxygens (including phenoxy) is 1. The summed E-state index contributed by atoms with van der Waals surface area (Å²) in [6, 6.07) is 15.2. The summed E-state index contributed by atoms with van der Waals surface area (Å²) in [6.45, 7) is 2.06. The summed E-state index contributed by atoms with van der Waals surface area (Å²) in [7, 11) is 0. The second kappa shape index (κ2) is 5.06. The summed E-state index contributed by atoms with van der Waals surface area (Å²) in [4.78, 5) is 9.13. The minimum atomic E-state index is -0.263. The van der Waals surface area contributed by atoms with E-state index in [4.69, 9.17) is 10.5 Å². The van der Waals surface area contributed by atoms with Crippen LogP contribution in [-0.4, -0.2) is 22.6 Å². The number of hydrogen-bond acceptors (Lipinski definition) is 4. The van der Waals surface area contributed by atoms with Crippen molar-refractivity contribution in [3.8, 4) is 11.1 Å². The van der Waals surface area contributed by atoms with Crippen molar-refractivity contribution >= 4 is 16.8 Å². The van der Waals surface area contributed by atoms with Gasteiger partial charge in [-0.3, -0.25) is 4.98 Å². The molecule has 2 unspecified atom stereocenters. The van der Waals surface area contributed by atoms with Crippen LogP contribution in [0.2, 0.25) is 0 Å². The van der Waals surface area contributed by atoms with E-state index in [2.05, 4.69) is 53.3 Å². The Bertz CT molecular complexity index is 1020. The number of benzene rings is 2. The van der Waals surface area contributed by atoms with Crippen LogP contribution in [-0.2, 0) is 17.6 Å². The number of aliphatic imine (C=N–C) groups is 1. The van der Waals surface area contributed by atoms with Crippen LogP contribution in [0.3, 0.4) is 0 Å². The molecule has 4 heteroatoms. The number of pyridine rings is 1. The Morgan fingerprint density at radius 2 is 1.92 bits per heavy atom. The van der Waals surface area contributed by atoms with E-state index < -0.39 is 0 Å². The standard InChI is InChI=1S/C21H19N3O/c1-13-21(24-20(22)25-13)9-14-6-4-8-17(18(14)10-21)19-12-23-11-15-5-2-3-7-16(15)19/h2-8,11-13H,9-10H2,1H3,(H2,22,24). The molecule has 2 heterocycles. The monoisotopic (exact) mass is 329 g/mol. The lowest BCUT2D eigenvalue weighted by molar-refractivity contribution is 0.157. The first kappa shape index (κ1) is 14.5. The van der Waals surface area contributed by atoms with Crippen molar-refractivity contribution < 1.29 is 4.74 Å². The van der Waals surface area contributed by atoms with Gasteiger partial charge in [0.1, 0.15) is 11.6 Å². The molecule has 0 fully saturated rings. The molecule has 0 bridgehead atoms. The third kappa shape index (κ3) is 2.07. The van der Waals surface area contributed by atoms with Crippen molar-refractivity contribution in [3.63, 3.8) is 0 Å². The van der Waals surface area contributed by atoms with Gasteiger partial charge in [0.05, 0.1) is 0 Å². The normalized spacial score (nSPS) is 24.4. The molecule has 4 nitrogen and oxygen atoms in total. The minimum Gasteiger partial charge on any atom is -0.460 e. The van der Waals surface area contributed by atoms with Crippen molar-refractivity contribution in [3.05, 3.63) is 66.0 Å². The highest BCUT2D eigenvalue weighted by atomic mass is 16.5. The molecule has 0 radical (unpaired) electrons. The Hall–Kier alpha value is -2.88. The van der Waals surface area contributed by atoms with Gasteiger partial charge >= 0.3 is 0 Å². The maximum atomic E-state index is 5.86. The molecule has 0 saturated carbocycles. The SMILES string of the molecule is CC1OC(N)=NC12Cc1cccc(-c3cncc4ccccc34)c1C2. The summed E-state index contributed by atoms with van der Waals surface area (Å²) in [5, 5.41) is 2.38. The highest BCUT2D eigenvalue weighted by molar-refractivity contribution is 5.96. The number of nitrogens with two attached hydrogens (primary N) is 1. The molecule has 25 heavy (non-hydrogen) atoms. The van der Waals surface area contributed by atoms with Crippen molar-refractivity contribution in [1.29, 1.82) is 0 Å². The second-order valence-corrected chi connectivity index (χ2v) is 7.02. The van der Waals surface area contributed by atoms with Crippen LogP contribution < -0.4 is 5.73 Å². The lowest BCUT2D eigenvalue weighted by Crippen LogP contribution is -2.36. The van der Waals surface area contributed by atoms with E-state index in [9.17, 15) is 0 Å². The van der Waals surface area contributed by atoms with Crippen LogP contribution in [0.1, 0.15) is 18.1 Å². The molecule has 1 aliphatic heterocycles.